The first-order chi connectivity index (χ1) is 13.1. The third-order valence-corrected chi connectivity index (χ3v) is 5.73. The Morgan fingerprint density at radius 3 is 2.74 bits per heavy atom. The van der Waals surface area contributed by atoms with E-state index in [4.69, 9.17) is 0 Å². The largest absolute Gasteiger partial charge is 0.337 e. The van der Waals surface area contributed by atoms with Crippen molar-refractivity contribution in [2.24, 2.45) is 0 Å². The molecule has 2 aromatic rings. The number of nitrogens with one attached hydrogen (secondary N) is 1. The van der Waals surface area contributed by atoms with Gasteiger partial charge in [0.25, 0.3) is 5.91 Å². The van der Waals surface area contributed by atoms with E-state index in [0.29, 0.717) is 12.6 Å². The lowest BCUT2D eigenvalue weighted by molar-refractivity contribution is 0.0773. The molecule has 27 heavy (non-hydrogen) atoms. The van der Waals surface area contributed by atoms with Crippen LogP contribution in [0.1, 0.15) is 33.7 Å². The molecular weight excluding hydrogens is 338 g/mol. The van der Waals surface area contributed by atoms with Gasteiger partial charge in [-0.1, -0.05) is 12.1 Å². The summed E-state index contributed by atoms with van der Waals surface area (Å²) >= 11 is 0. The van der Waals surface area contributed by atoms with E-state index in [0.717, 1.165) is 68.2 Å². The van der Waals surface area contributed by atoms with Crippen molar-refractivity contribution in [3.05, 3.63) is 52.8 Å². The van der Waals surface area contributed by atoms with Crippen LogP contribution in [0.25, 0.3) is 0 Å². The SMILES string of the molecule is Cc1cc(C)n(Cc2cccc(C(=O)N3CCC(N4CCNCC4)C3)c2)n1. The van der Waals surface area contributed by atoms with Crippen LogP contribution in [0.3, 0.4) is 0 Å². The number of carbonyl (C=O) groups is 1. The van der Waals surface area contributed by atoms with Gasteiger partial charge in [-0.15, -0.1) is 0 Å². The minimum absolute atomic E-state index is 0.155. The summed E-state index contributed by atoms with van der Waals surface area (Å²) in [5.41, 5.74) is 4.07. The molecule has 0 spiro atoms. The normalized spacial score (nSPS) is 21.0. The van der Waals surface area contributed by atoms with Gasteiger partial charge in [0.15, 0.2) is 0 Å². The standard InChI is InChI=1S/C21H29N5O/c1-16-12-17(2)26(23-16)14-18-4-3-5-19(13-18)21(27)25-9-6-20(15-25)24-10-7-22-8-11-24/h3-5,12-13,20,22H,6-11,14-15H2,1-2H3. The number of likely N-dealkylation sites (tertiary alicyclic amines) is 1. The number of nitrogens with zero attached hydrogens (tertiary/aromatic N) is 4. The molecule has 6 heteroatoms. The van der Waals surface area contributed by atoms with Gasteiger partial charge in [-0.25, -0.2) is 0 Å². The van der Waals surface area contributed by atoms with Crippen LogP contribution >= 0.6 is 0 Å². The van der Waals surface area contributed by atoms with Gasteiger partial charge in [-0.05, 0) is 44.0 Å². The lowest BCUT2D eigenvalue weighted by atomic mass is 10.1. The van der Waals surface area contributed by atoms with Gasteiger partial charge in [-0.2, -0.15) is 5.10 Å². The highest BCUT2D eigenvalue weighted by Gasteiger charge is 2.31. The molecule has 3 heterocycles. The zero-order chi connectivity index (χ0) is 18.8. The number of hydrogen-bond donors (Lipinski definition) is 1. The summed E-state index contributed by atoms with van der Waals surface area (Å²) in [6, 6.07) is 10.6. The molecule has 2 saturated heterocycles. The molecule has 1 aromatic carbocycles. The van der Waals surface area contributed by atoms with Crippen LogP contribution in [0.2, 0.25) is 0 Å². The van der Waals surface area contributed by atoms with Crippen LogP contribution in [-0.2, 0) is 6.54 Å². The summed E-state index contributed by atoms with van der Waals surface area (Å²) in [6.45, 7) is 10.8. The second kappa shape index (κ2) is 7.82. The summed E-state index contributed by atoms with van der Waals surface area (Å²) in [5, 5.41) is 7.93. The molecule has 0 aliphatic carbocycles. The van der Waals surface area contributed by atoms with Gasteiger partial charge >= 0.3 is 0 Å². The van der Waals surface area contributed by atoms with Gasteiger partial charge < -0.3 is 10.2 Å². The predicted octanol–water partition coefficient (Wildman–Crippen LogP) is 1.67. The first-order valence-corrected chi connectivity index (χ1v) is 9.94. The van der Waals surface area contributed by atoms with Gasteiger partial charge in [0.05, 0.1) is 12.2 Å². The van der Waals surface area contributed by atoms with E-state index in [2.05, 4.69) is 34.4 Å². The molecule has 1 N–H and O–H groups in total. The van der Waals surface area contributed by atoms with Crippen molar-refractivity contribution in [1.82, 2.24) is 24.9 Å². The van der Waals surface area contributed by atoms with E-state index in [-0.39, 0.29) is 5.91 Å². The highest BCUT2D eigenvalue weighted by Crippen LogP contribution is 2.19. The molecular formula is C21H29N5O. The van der Waals surface area contributed by atoms with Crippen molar-refractivity contribution in [2.75, 3.05) is 39.3 Å². The Labute approximate surface area is 161 Å². The highest BCUT2D eigenvalue weighted by molar-refractivity contribution is 5.94. The average molecular weight is 367 g/mol. The summed E-state index contributed by atoms with van der Waals surface area (Å²) in [4.78, 5) is 17.6. The van der Waals surface area contributed by atoms with E-state index >= 15 is 0 Å². The zero-order valence-corrected chi connectivity index (χ0v) is 16.3. The van der Waals surface area contributed by atoms with Crippen molar-refractivity contribution in [2.45, 2.75) is 32.9 Å². The smallest absolute Gasteiger partial charge is 0.253 e. The van der Waals surface area contributed by atoms with Gasteiger partial charge in [0, 0.05) is 56.6 Å². The van der Waals surface area contributed by atoms with E-state index in [9.17, 15) is 4.79 Å². The third-order valence-electron chi connectivity index (χ3n) is 5.73. The van der Waals surface area contributed by atoms with Gasteiger partial charge in [0.2, 0.25) is 0 Å². The molecule has 0 saturated carbocycles. The number of carbonyl (C=O) groups excluding carboxylic acids is 1. The summed E-state index contributed by atoms with van der Waals surface area (Å²) in [5.74, 6) is 0.155. The fraction of sp³-hybridized carbons (Fsp3) is 0.524. The molecule has 6 nitrogen and oxygen atoms in total. The molecule has 0 bridgehead atoms. The van der Waals surface area contributed by atoms with Crippen molar-refractivity contribution in [1.29, 1.82) is 0 Å². The highest BCUT2D eigenvalue weighted by atomic mass is 16.2. The second-order valence-corrected chi connectivity index (χ2v) is 7.76. The lowest BCUT2D eigenvalue weighted by Gasteiger charge is -2.32. The molecule has 4 rings (SSSR count). The summed E-state index contributed by atoms with van der Waals surface area (Å²) in [6.07, 6.45) is 1.08. The van der Waals surface area contributed by atoms with Crippen molar-refractivity contribution in [3.8, 4) is 0 Å². The van der Waals surface area contributed by atoms with Crippen molar-refractivity contribution < 1.29 is 4.79 Å². The third kappa shape index (κ3) is 4.06. The van der Waals surface area contributed by atoms with Crippen LogP contribution < -0.4 is 5.32 Å². The Balaban J connectivity index is 1.42. The van der Waals surface area contributed by atoms with Crippen LogP contribution in [0.5, 0.6) is 0 Å². The molecule has 1 unspecified atom stereocenters. The monoisotopic (exact) mass is 367 g/mol. The van der Waals surface area contributed by atoms with Crippen molar-refractivity contribution in [3.63, 3.8) is 0 Å². The van der Waals surface area contributed by atoms with Crippen LogP contribution in [0.15, 0.2) is 30.3 Å². The fourth-order valence-electron chi connectivity index (χ4n) is 4.26. The maximum Gasteiger partial charge on any atom is 0.253 e. The Hall–Kier alpha value is -2.18. The Morgan fingerprint density at radius 1 is 1.19 bits per heavy atom. The van der Waals surface area contributed by atoms with E-state index < -0.39 is 0 Å². The molecule has 2 aliphatic rings. The number of benzene rings is 1. The number of amides is 1. The van der Waals surface area contributed by atoms with Crippen LogP contribution in [0, 0.1) is 13.8 Å². The minimum atomic E-state index is 0.155. The molecule has 1 aromatic heterocycles. The topological polar surface area (TPSA) is 53.4 Å². The lowest BCUT2D eigenvalue weighted by Crippen LogP contribution is -2.49. The minimum Gasteiger partial charge on any atom is -0.337 e. The first-order valence-electron chi connectivity index (χ1n) is 9.94. The Bertz CT molecular complexity index is 809. The van der Waals surface area contributed by atoms with Crippen molar-refractivity contribution >= 4 is 5.91 Å². The van der Waals surface area contributed by atoms with Gasteiger partial charge in [0.1, 0.15) is 0 Å². The molecule has 1 atom stereocenters. The van der Waals surface area contributed by atoms with E-state index in [1.807, 2.05) is 34.7 Å². The predicted molar refractivity (Wildman–Crippen MR) is 106 cm³/mol. The van der Waals surface area contributed by atoms with E-state index in [1.54, 1.807) is 0 Å². The number of piperazine rings is 1. The zero-order valence-electron chi connectivity index (χ0n) is 16.3. The Morgan fingerprint density at radius 2 is 2.00 bits per heavy atom. The molecule has 2 fully saturated rings. The number of hydrogen-bond acceptors (Lipinski definition) is 4. The first kappa shape index (κ1) is 18.2. The molecule has 144 valence electrons. The maximum atomic E-state index is 13.0. The second-order valence-electron chi connectivity index (χ2n) is 7.76. The molecule has 2 aliphatic heterocycles. The van der Waals surface area contributed by atoms with E-state index in [1.165, 1.54) is 0 Å². The maximum absolute atomic E-state index is 13.0. The van der Waals surface area contributed by atoms with Crippen LogP contribution in [0.4, 0.5) is 0 Å². The fourth-order valence-corrected chi connectivity index (χ4v) is 4.26. The number of aromatic nitrogens is 2. The average Bonchev–Trinajstić information content (AvgIpc) is 3.29. The summed E-state index contributed by atoms with van der Waals surface area (Å²) in [7, 11) is 0. The quantitative estimate of drug-likeness (QED) is 0.893. The Kier molecular flexibility index (Phi) is 5.27. The number of rotatable bonds is 4. The van der Waals surface area contributed by atoms with Gasteiger partial charge in [-0.3, -0.25) is 14.4 Å². The molecule has 1 amide bonds. The van der Waals surface area contributed by atoms with Crippen LogP contribution in [-0.4, -0.2) is 70.8 Å². The number of aryl methyl sites for hydroxylation is 2. The summed E-state index contributed by atoms with van der Waals surface area (Å²) < 4.78 is 2.00. The molecule has 0 radical (unpaired) electrons.